The Bertz CT molecular complexity index is 712. The number of carbonyl (C=O) groups is 3. The first kappa shape index (κ1) is 23.6. The van der Waals surface area contributed by atoms with Crippen molar-refractivity contribution in [1.82, 2.24) is 15.7 Å². The number of carboxylic acid groups (broad SMARTS) is 1. The lowest BCUT2D eigenvalue weighted by molar-refractivity contribution is -0.142. The molecule has 0 heterocycles. The minimum atomic E-state index is -4.06. The van der Waals surface area contributed by atoms with Gasteiger partial charge < -0.3 is 25.4 Å². The second-order valence-electron chi connectivity index (χ2n) is 6.52. The fraction of sp³-hybridized carbons (Fsp3) is 0.471. The number of aliphatic carboxylic acids is 1. The van der Waals surface area contributed by atoms with Gasteiger partial charge in [0, 0.05) is 0 Å². The van der Waals surface area contributed by atoms with Crippen molar-refractivity contribution in [3.05, 3.63) is 35.9 Å². The molecule has 156 valence electrons. The molecule has 0 aliphatic rings. The van der Waals surface area contributed by atoms with E-state index in [1.165, 1.54) is 0 Å². The van der Waals surface area contributed by atoms with E-state index in [1.807, 2.05) is 19.9 Å². The lowest BCUT2D eigenvalue weighted by Crippen LogP contribution is -2.45. The van der Waals surface area contributed by atoms with Crippen LogP contribution >= 0.6 is 7.52 Å². The van der Waals surface area contributed by atoms with E-state index < -0.39 is 44.4 Å². The van der Waals surface area contributed by atoms with Crippen LogP contribution in [0.5, 0.6) is 0 Å². The Hall–Kier alpha value is -2.42. The molecule has 0 bridgehead atoms. The number of benzene rings is 1. The Morgan fingerprint density at radius 2 is 1.82 bits per heavy atom. The molecule has 1 aromatic carbocycles. The van der Waals surface area contributed by atoms with E-state index in [0.717, 1.165) is 5.56 Å². The van der Waals surface area contributed by atoms with Crippen LogP contribution in [-0.2, 0) is 25.5 Å². The molecule has 2 atom stereocenters. The smallest absolute Gasteiger partial charge is 0.407 e. The van der Waals surface area contributed by atoms with E-state index >= 15 is 0 Å². The Morgan fingerprint density at radius 1 is 1.18 bits per heavy atom. The van der Waals surface area contributed by atoms with Crippen LogP contribution in [0.1, 0.15) is 25.8 Å². The van der Waals surface area contributed by atoms with E-state index in [-0.39, 0.29) is 18.9 Å². The number of carbonyl (C=O) groups excluding carboxylic acids is 2. The highest BCUT2D eigenvalue weighted by atomic mass is 31.2. The Balaban J connectivity index is 2.36. The molecule has 28 heavy (non-hydrogen) atoms. The average molecular weight is 415 g/mol. The predicted molar refractivity (Wildman–Crippen MR) is 101 cm³/mol. The molecule has 5 N–H and O–H groups in total. The number of alkyl carbamates (subject to hydrolysis) is 1. The van der Waals surface area contributed by atoms with Gasteiger partial charge in [-0.05, 0) is 17.9 Å². The van der Waals surface area contributed by atoms with Crippen molar-refractivity contribution >= 4 is 25.5 Å². The highest BCUT2D eigenvalue weighted by Crippen LogP contribution is 2.32. The molecule has 0 radical (unpaired) electrons. The van der Waals surface area contributed by atoms with Crippen molar-refractivity contribution in [2.75, 3.05) is 12.8 Å². The van der Waals surface area contributed by atoms with Crippen molar-refractivity contribution in [2.45, 2.75) is 32.9 Å². The van der Waals surface area contributed by atoms with Crippen LogP contribution in [0, 0.1) is 5.92 Å². The van der Waals surface area contributed by atoms with E-state index in [0.29, 0.717) is 0 Å². The van der Waals surface area contributed by atoms with Gasteiger partial charge in [-0.25, -0.2) is 14.7 Å². The maximum atomic E-state index is 12.0. The van der Waals surface area contributed by atoms with Crippen molar-refractivity contribution in [3.63, 3.8) is 0 Å². The molecule has 0 fully saturated rings. The summed E-state index contributed by atoms with van der Waals surface area (Å²) in [6.45, 7) is 3.05. The highest BCUT2D eigenvalue weighted by Gasteiger charge is 2.24. The van der Waals surface area contributed by atoms with Gasteiger partial charge >= 0.3 is 12.1 Å². The van der Waals surface area contributed by atoms with E-state index in [2.05, 4.69) is 15.7 Å². The standard InChI is InChI=1S/C17H26N3O7P/c1-12(2)8-14(16(22)23)20-15(21)9-19-28(25,26)11-18-17(24)27-10-13-6-4-3-5-7-13/h3-7,12,14H,8-11H2,1-2H3,(H,18,24)(H,20,21)(H,22,23)(H2,19,25,26)/t14-/m0/s1. The third-order valence-electron chi connectivity index (χ3n) is 3.48. The second-order valence-corrected chi connectivity index (χ2v) is 8.56. The number of hydrogen-bond acceptors (Lipinski definition) is 5. The molecule has 2 amide bonds. The van der Waals surface area contributed by atoms with Gasteiger partial charge in [-0.15, -0.1) is 0 Å². The summed E-state index contributed by atoms with van der Waals surface area (Å²) in [5, 5.41) is 15.6. The zero-order valence-corrected chi connectivity index (χ0v) is 16.6. The molecule has 10 nitrogen and oxygen atoms in total. The Labute approximate surface area is 163 Å². The molecule has 0 aliphatic carbocycles. The second kappa shape index (κ2) is 11.4. The number of nitrogens with one attached hydrogen (secondary N) is 3. The summed E-state index contributed by atoms with van der Waals surface area (Å²) >= 11 is 0. The van der Waals surface area contributed by atoms with Gasteiger partial charge in [0.25, 0.3) is 7.52 Å². The number of hydrogen-bond donors (Lipinski definition) is 5. The van der Waals surface area contributed by atoms with Crippen LogP contribution in [0.25, 0.3) is 0 Å². The van der Waals surface area contributed by atoms with Crippen molar-refractivity contribution < 1.29 is 33.7 Å². The summed E-state index contributed by atoms with van der Waals surface area (Å²) in [5.74, 6) is -1.88. The van der Waals surface area contributed by atoms with Crippen LogP contribution in [0.4, 0.5) is 4.79 Å². The van der Waals surface area contributed by atoms with E-state index in [4.69, 9.17) is 9.84 Å². The van der Waals surface area contributed by atoms with Gasteiger partial charge in [0.1, 0.15) is 18.9 Å². The fourth-order valence-electron chi connectivity index (χ4n) is 2.14. The summed E-state index contributed by atoms with van der Waals surface area (Å²) < 4.78 is 16.9. The molecule has 11 heteroatoms. The average Bonchev–Trinajstić information content (AvgIpc) is 2.63. The molecule has 1 unspecified atom stereocenters. The Morgan fingerprint density at radius 3 is 2.39 bits per heavy atom. The maximum Gasteiger partial charge on any atom is 0.407 e. The van der Waals surface area contributed by atoms with Crippen LogP contribution in [0.3, 0.4) is 0 Å². The minimum Gasteiger partial charge on any atom is -0.480 e. The van der Waals surface area contributed by atoms with Crippen molar-refractivity contribution in [2.24, 2.45) is 5.92 Å². The summed E-state index contributed by atoms with van der Waals surface area (Å²) in [6, 6.07) is 7.81. The van der Waals surface area contributed by atoms with Gasteiger partial charge in [0.05, 0.1) is 6.54 Å². The number of ether oxygens (including phenoxy) is 1. The SMILES string of the molecule is CC(C)C[C@H](NC(=O)CNP(=O)(O)CNC(=O)OCc1ccccc1)C(=O)O. The minimum absolute atomic E-state index is 0.00463. The molecule has 1 rings (SSSR count). The van der Waals surface area contributed by atoms with Gasteiger partial charge in [-0.1, -0.05) is 44.2 Å². The van der Waals surface area contributed by atoms with Crippen molar-refractivity contribution in [3.8, 4) is 0 Å². The number of rotatable bonds is 11. The van der Waals surface area contributed by atoms with E-state index in [1.54, 1.807) is 24.3 Å². The van der Waals surface area contributed by atoms with Crippen LogP contribution < -0.4 is 15.7 Å². The molecule has 0 saturated heterocycles. The lowest BCUT2D eigenvalue weighted by Gasteiger charge is -2.18. The first-order valence-corrected chi connectivity index (χ1v) is 10.5. The topological polar surface area (TPSA) is 154 Å². The zero-order valence-electron chi connectivity index (χ0n) is 15.8. The summed E-state index contributed by atoms with van der Waals surface area (Å²) in [7, 11) is -4.06. The third-order valence-corrected chi connectivity index (χ3v) is 4.72. The monoisotopic (exact) mass is 415 g/mol. The summed E-state index contributed by atoms with van der Waals surface area (Å²) in [4.78, 5) is 44.3. The molecular formula is C17H26N3O7P. The lowest BCUT2D eigenvalue weighted by atomic mass is 10.0. The maximum absolute atomic E-state index is 12.0. The van der Waals surface area contributed by atoms with Gasteiger partial charge in [0.15, 0.2) is 0 Å². The third kappa shape index (κ3) is 10.1. The quantitative estimate of drug-likeness (QED) is 0.339. The van der Waals surface area contributed by atoms with Crippen LogP contribution in [0.15, 0.2) is 30.3 Å². The Kier molecular flexibility index (Phi) is 9.64. The largest absolute Gasteiger partial charge is 0.480 e. The van der Waals surface area contributed by atoms with Crippen LogP contribution in [0.2, 0.25) is 0 Å². The first-order chi connectivity index (χ1) is 13.1. The molecule has 0 saturated carbocycles. The van der Waals surface area contributed by atoms with Gasteiger partial charge in [-0.3, -0.25) is 9.36 Å². The molecular weight excluding hydrogens is 389 g/mol. The van der Waals surface area contributed by atoms with Gasteiger partial charge in [-0.2, -0.15) is 0 Å². The summed E-state index contributed by atoms with van der Waals surface area (Å²) in [5.41, 5.74) is 0.758. The number of amides is 2. The summed E-state index contributed by atoms with van der Waals surface area (Å²) in [6.07, 6.45) is -1.30. The fourth-order valence-corrected chi connectivity index (χ4v) is 2.98. The first-order valence-electron chi connectivity index (χ1n) is 8.62. The molecule has 0 spiro atoms. The normalized spacial score (nSPS) is 14.0. The van der Waals surface area contributed by atoms with E-state index in [9.17, 15) is 23.8 Å². The van der Waals surface area contributed by atoms with Gasteiger partial charge in [0.2, 0.25) is 5.91 Å². The van der Waals surface area contributed by atoms with Crippen LogP contribution in [-0.4, -0.2) is 46.8 Å². The molecule has 0 aromatic heterocycles. The molecule has 0 aliphatic heterocycles. The highest BCUT2D eigenvalue weighted by molar-refractivity contribution is 7.55. The molecule has 1 aromatic rings. The van der Waals surface area contributed by atoms with Crippen molar-refractivity contribution in [1.29, 1.82) is 0 Å². The number of carboxylic acids is 1. The predicted octanol–water partition coefficient (Wildman–Crippen LogP) is 1.26. The zero-order chi connectivity index (χ0) is 21.2.